The van der Waals surface area contributed by atoms with Gasteiger partial charge in [-0.3, -0.25) is 0 Å². The zero-order chi connectivity index (χ0) is 16.3. The van der Waals surface area contributed by atoms with E-state index in [-0.39, 0.29) is 18.2 Å². The molecule has 0 aromatic heterocycles. The van der Waals surface area contributed by atoms with Gasteiger partial charge in [0.05, 0.1) is 17.5 Å². The lowest BCUT2D eigenvalue weighted by atomic mass is 9.97. The number of rotatable bonds is 4. The largest absolute Gasteiger partial charge is 0.445 e. The maximum atomic E-state index is 12.5. The maximum absolute atomic E-state index is 12.5. The highest BCUT2D eigenvalue weighted by atomic mass is 79.9. The number of ether oxygens (including phenoxy) is 3. The highest BCUT2D eigenvalue weighted by molar-refractivity contribution is 9.09. The van der Waals surface area contributed by atoms with E-state index in [1.807, 2.05) is 30.3 Å². The van der Waals surface area contributed by atoms with Crippen LogP contribution in [0.5, 0.6) is 0 Å². The van der Waals surface area contributed by atoms with Crippen LogP contribution >= 0.6 is 15.9 Å². The summed E-state index contributed by atoms with van der Waals surface area (Å²) in [4.78, 5) is 14.3. The highest BCUT2D eigenvalue weighted by Gasteiger charge is 2.51. The number of fused-ring (bicyclic) bond motifs is 1. The molecule has 0 spiro atoms. The van der Waals surface area contributed by atoms with Crippen LogP contribution in [0.1, 0.15) is 24.8 Å². The maximum Gasteiger partial charge on any atom is 0.410 e. The number of benzene rings is 1. The Hall–Kier alpha value is -1.11. The lowest BCUT2D eigenvalue weighted by Crippen LogP contribution is -2.49. The average Bonchev–Trinajstić information content (AvgIpc) is 3.00. The summed E-state index contributed by atoms with van der Waals surface area (Å²) in [6, 6.07) is 9.74. The third kappa shape index (κ3) is 3.54. The lowest BCUT2D eigenvalue weighted by Gasteiger charge is -2.35. The van der Waals surface area contributed by atoms with Crippen LogP contribution in [0.25, 0.3) is 0 Å². The summed E-state index contributed by atoms with van der Waals surface area (Å²) < 4.78 is 17.1. The molecular weight excluding hydrogens is 362 g/mol. The van der Waals surface area contributed by atoms with Crippen LogP contribution in [-0.2, 0) is 20.8 Å². The Morgan fingerprint density at radius 2 is 2.22 bits per heavy atom. The number of halogens is 1. The van der Waals surface area contributed by atoms with Gasteiger partial charge in [0.1, 0.15) is 6.61 Å². The van der Waals surface area contributed by atoms with Crippen molar-refractivity contribution >= 4 is 22.0 Å². The minimum absolute atomic E-state index is 0.0181. The van der Waals surface area contributed by atoms with E-state index in [0.717, 1.165) is 18.4 Å². The monoisotopic (exact) mass is 383 g/mol. The molecule has 2 aliphatic rings. The summed E-state index contributed by atoms with van der Waals surface area (Å²) in [5.74, 6) is -0.641. The van der Waals surface area contributed by atoms with Gasteiger partial charge in [0.2, 0.25) is 0 Å². The first-order chi connectivity index (χ1) is 11.2. The highest BCUT2D eigenvalue weighted by Crippen LogP contribution is 2.40. The molecule has 0 radical (unpaired) electrons. The van der Waals surface area contributed by atoms with Gasteiger partial charge in [0.15, 0.2) is 5.79 Å². The Kier molecular flexibility index (Phi) is 5.24. The van der Waals surface area contributed by atoms with Crippen molar-refractivity contribution < 1.29 is 19.0 Å². The first kappa shape index (κ1) is 16.7. The van der Waals surface area contributed by atoms with Gasteiger partial charge in [-0.1, -0.05) is 46.3 Å². The third-order valence-corrected chi connectivity index (χ3v) is 5.47. The van der Waals surface area contributed by atoms with Crippen molar-refractivity contribution in [2.75, 3.05) is 19.0 Å². The molecule has 3 atom stereocenters. The molecule has 2 saturated heterocycles. The predicted octanol–water partition coefficient (Wildman–Crippen LogP) is 3.31. The second kappa shape index (κ2) is 7.20. The van der Waals surface area contributed by atoms with E-state index in [4.69, 9.17) is 14.2 Å². The van der Waals surface area contributed by atoms with Crippen LogP contribution in [0.2, 0.25) is 0 Å². The first-order valence-electron chi connectivity index (χ1n) is 7.94. The molecule has 2 aliphatic heterocycles. The number of nitrogens with zero attached hydrogens (tertiary/aromatic N) is 1. The number of piperidine rings is 1. The van der Waals surface area contributed by atoms with Gasteiger partial charge >= 0.3 is 6.09 Å². The van der Waals surface area contributed by atoms with Crippen LogP contribution in [0.3, 0.4) is 0 Å². The van der Waals surface area contributed by atoms with E-state index in [2.05, 4.69) is 15.9 Å². The van der Waals surface area contributed by atoms with Crippen molar-refractivity contribution in [1.82, 2.24) is 4.90 Å². The van der Waals surface area contributed by atoms with Gasteiger partial charge in [-0.2, -0.15) is 0 Å². The summed E-state index contributed by atoms with van der Waals surface area (Å²) in [5, 5.41) is 0.594. The second-order valence-electron chi connectivity index (χ2n) is 6.05. The number of hydrogen-bond donors (Lipinski definition) is 0. The van der Waals surface area contributed by atoms with Crippen LogP contribution < -0.4 is 0 Å². The van der Waals surface area contributed by atoms with E-state index in [1.165, 1.54) is 0 Å². The normalized spacial score (nSPS) is 30.1. The van der Waals surface area contributed by atoms with Gasteiger partial charge in [0, 0.05) is 20.1 Å². The number of carbonyl (C=O) groups is 1. The quantitative estimate of drug-likeness (QED) is 0.748. The zero-order valence-electron chi connectivity index (χ0n) is 13.2. The van der Waals surface area contributed by atoms with E-state index in [9.17, 15) is 4.79 Å². The Balaban J connectivity index is 1.64. The van der Waals surface area contributed by atoms with Crippen LogP contribution in [0, 0.1) is 0 Å². The topological polar surface area (TPSA) is 48.0 Å². The van der Waals surface area contributed by atoms with E-state index in [1.54, 1.807) is 12.0 Å². The lowest BCUT2D eigenvalue weighted by molar-refractivity contribution is -0.196. The van der Waals surface area contributed by atoms with Gasteiger partial charge < -0.3 is 19.1 Å². The van der Waals surface area contributed by atoms with E-state index in [0.29, 0.717) is 24.9 Å². The van der Waals surface area contributed by atoms with Crippen LogP contribution in [0.15, 0.2) is 30.3 Å². The fraction of sp³-hybridized carbons (Fsp3) is 0.588. The van der Waals surface area contributed by atoms with E-state index < -0.39 is 5.79 Å². The Bertz CT molecular complexity index is 535. The molecular formula is C17H22BrNO4. The summed E-state index contributed by atoms with van der Waals surface area (Å²) in [5.41, 5.74) is 0.990. The molecule has 3 rings (SSSR count). The molecule has 2 fully saturated rings. The molecule has 0 bridgehead atoms. The summed E-state index contributed by atoms with van der Waals surface area (Å²) in [6.45, 7) is 1.00. The van der Waals surface area contributed by atoms with Crippen molar-refractivity contribution in [2.45, 2.75) is 43.8 Å². The predicted molar refractivity (Wildman–Crippen MR) is 89.4 cm³/mol. The molecule has 6 heteroatoms. The number of amides is 1. The summed E-state index contributed by atoms with van der Waals surface area (Å²) in [7, 11) is 1.65. The average molecular weight is 384 g/mol. The number of hydrogen-bond acceptors (Lipinski definition) is 4. The molecule has 0 aliphatic carbocycles. The molecule has 1 aromatic rings. The molecule has 1 aromatic carbocycles. The molecule has 5 nitrogen and oxygen atoms in total. The molecule has 0 saturated carbocycles. The van der Waals surface area contributed by atoms with Crippen LogP contribution in [-0.4, -0.2) is 47.9 Å². The molecule has 2 heterocycles. The Morgan fingerprint density at radius 3 is 2.91 bits per heavy atom. The Labute approximate surface area is 145 Å². The standard InChI is InChI=1S/C17H22BrNO4/c1-21-17(12-18)10-14-15(23-17)8-5-9-19(14)16(20)22-11-13-6-3-2-4-7-13/h2-4,6-7,14-15H,5,8-12H2,1H3/t14-,15-,17-/m0/s1. The first-order valence-corrected chi connectivity index (χ1v) is 9.06. The molecule has 126 valence electrons. The van der Waals surface area contributed by atoms with Crippen LogP contribution in [0.4, 0.5) is 4.79 Å². The van der Waals surface area contributed by atoms with Crippen molar-refractivity contribution in [3.05, 3.63) is 35.9 Å². The fourth-order valence-corrected chi connectivity index (χ4v) is 3.93. The fourth-order valence-electron chi connectivity index (χ4n) is 3.34. The number of methoxy groups -OCH3 is 1. The third-order valence-electron chi connectivity index (χ3n) is 4.62. The van der Waals surface area contributed by atoms with Crippen molar-refractivity contribution in [3.8, 4) is 0 Å². The summed E-state index contributed by atoms with van der Waals surface area (Å²) in [6.07, 6.45) is 2.29. The molecule has 23 heavy (non-hydrogen) atoms. The number of carbonyl (C=O) groups excluding carboxylic acids is 1. The molecule has 0 unspecified atom stereocenters. The molecule has 1 amide bonds. The van der Waals surface area contributed by atoms with Gasteiger partial charge in [-0.05, 0) is 18.4 Å². The summed E-state index contributed by atoms with van der Waals surface area (Å²) >= 11 is 3.46. The smallest absolute Gasteiger partial charge is 0.410 e. The minimum Gasteiger partial charge on any atom is -0.445 e. The second-order valence-corrected chi connectivity index (χ2v) is 6.61. The minimum atomic E-state index is -0.641. The SMILES string of the molecule is CO[C@@]1(CBr)C[C@H]2[C@H](CCCN2C(=O)OCc2ccccc2)O1. The van der Waals surface area contributed by atoms with Crippen molar-refractivity contribution in [1.29, 1.82) is 0 Å². The zero-order valence-corrected chi connectivity index (χ0v) is 14.8. The van der Waals surface area contributed by atoms with Gasteiger partial charge in [-0.15, -0.1) is 0 Å². The van der Waals surface area contributed by atoms with Gasteiger partial charge in [-0.25, -0.2) is 4.79 Å². The number of alkyl halides is 1. The number of likely N-dealkylation sites (tertiary alicyclic amines) is 1. The molecule has 0 N–H and O–H groups in total. The van der Waals surface area contributed by atoms with E-state index >= 15 is 0 Å². The van der Waals surface area contributed by atoms with Gasteiger partial charge in [0.25, 0.3) is 0 Å². The van der Waals surface area contributed by atoms with Crippen molar-refractivity contribution in [3.63, 3.8) is 0 Å². The Morgan fingerprint density at radius 1 is 1.43 bits per heavy atom. The van der Waals surface area contributed by atoms with Crippen molar-refractivity contribution in [2.24, 2.45) is 0 Å².